The average molecular weight is 336 g/mol. The zero-order valence-corrected chi connectivity index (χ0v) is 14.4. The van der Waals surface area contributed by atoms with Gasteiger partial charge in [-0.05, 0) is 50.2 Å². The van der Waals surface area contributed by atoms with Crippen LogP contribution in [0.5, 0.6) is 0 Å². The maximum atomic E-state index is 11.0. The Bertz CT molecular complexity index is 871. The summed E-state index contributed by atoms with van der Waals surface area (Å²) in [6.07, 6.45) is 0. The Balaban J connectivity index is 1.69. The number of nitrogens with one attached hydrogen (secondary N) is 2. The number of benzene rings is 2. The van der Waals surface area contributed by atoms with Gasteiger partial charge in [-0.15, -0.1) is 10.2 Å². The van der Waals surface area contributed by atoms with Crippen LogP contribution in [0.15, 0.2) is 52.9 Å². The maximum absolute atomic E-state index is 11.0. The van der Waals surface area contributed by atoms with Gasteiger partial charge in [-0.25, -0.2) is 0 Å². The highest BCUT2D eigenvalue weighted by Crippen LogP contribution is 2.24. The number of nitrogens with zero attached hydrogens (tertiary/aromatic N) is 2. The number of amides is 1. The number of carbonyl (C=O) groups is 1. The third-order valence-corrected chi connectivity index (χ3v) is 3.66. The van der Waals surface area contributed by atoms with Gasteiger partial charge in [0.2, 0.25) is 17.7 Å². The van der Waals surface area contributed by atoms with Crippen LogP contribution < -0.4 is 10.6 Å². The summed E-state index contributed by atoms with van der Waals surface area (Å²) in [4.78, 5) is 11.0. The van der Waals surface area contributed by atoms with Gasteiger partial charge in [0, 0.05) is 23.9 Å². The molecule has 6 nitrogen and oxygen atoms in total. The van der Waals surface area contributed by atoms with E-state index in [4.69, 9.17) is 4.42 Å². The van der Waals surface area contributed by atoms with E-state index in [1.807, 2.05) is 62.4 Å². The van der Waals surface area contributed by atoms with Gasteiger partial charge in [0.1, 0.15) is 6.04 Å². The summed E-state index contributed by atoms with van der Waals surface area (Å²) in [5.41, 5.74) is 3.70. The van der Waals surface area contributed by atoms with Crippen LogP contribution in [0.1, 0.15) is 31.3 Å². The normalized spacial score (nSPS) is 11.8. The summed E-state index contributed by atoms with van der Waals surface area (Å²) in [6.45, 7) is 5.46. The fourth-order valence-electron chi connectivity index (χ4n) is 2.47. The van der Waals surface area contributed by atoms with Crippen molar-refractivity contribution in [3.63, 3.8) is 0 Å². The molecule has 25 heavy (non-hydrogen) atoms. The lowest BCUT2D eigenvalue weighted by Gasteiger charge is -2.12. The van der Waals surface area contributed by atoms with Crippen LogP contribution in [-0.2, 0) is 4.79 Å². The van der Waals surface area contributed by atoms with Crippen LogP contribution in [0.2, 0.25) is 0 Å². The van der Waals surface area contributed by atoms with Gasteiger partial charge in [-0.3, -0.25) is 4.79 Å². The molecule has 0 bridgehead atoms. The lowest BCUT2D eigenvalue weighted by Crippen LogP contribution is -2.08. The smallest absolute Gasteiger partial charge is 0.247 e. The predicted molar refractivity (Wildman–Crippen MR) is 97.3 cm³/mol. The summed E-state index contributed by atoms with van der Waals surface area (Å²) in [5.74, 6) is 0.930. The summed E-state index contributed by atoms with van der Waals surface area (Å²) in [5, 5.41) is 14.3. The van der Waals surface area contributed by atoms with E-state index >= 15 is 0 Å². The molecular weight excluding hydrogens is 316 g/mol. The van der Waals surface area contributed by atoms with E-state index in [1.165, 1.54) is 6.92 Å². The number of anilines is 2. The second-order valence-electron chi connectivity index (χ2n) is 5.94. The molecular formula is C19H20N4O2. The lowest BCUT2D eigenvalue weighted by atomic mass is 10.1. The summed E-state index contributed by atoms with van der Waals surface area (Å²) >= 11 is 0. The topological polar surface area (TPSA) is 80.0 Å². The predicted octanol–water partition coefficient (Wildman–Crippen LogP) is 4.18. The lowest BCUT2D eigenvalue weighted by molar-refractivity contribution is -0.114. The first-order valence-electron chi connectivity index (χ1n) is 8.06. The van der Waals surface area contributed by atoms with Crippen molar-refractivity contribution in [3.05, 3.63) is 60.0 Å². The molecule has 0 saturated heterocycles. The Morgan fingerprint density at radius 3 is 2.48 bits per heavy atom. The Morgan fingerprint density at radius 2 is 1.80 bits per heavy atom. The largest absolute Gasteiger partial charge is 0.418 e. The molecule has 2 aromatic carbocycles. The van der Waals surface area contributed by atoms with Gasteiger partial charge < -0.3 is 15.1 Å². The molecule has 1 heterocycles. The Morgan fingerprint density at radius 1 is 1.08 bits per heavy atom. The fourth-order valence-corrected chi connectivity index (χ4v) is 2.47. The van der Waals surface area contributed by atoms with E-state index in [0.29, 0.717) is 11.8 Å². The van der Waals surface area contributed by atoms with E-state index in [9.17, 15) is 4.79 Å². The minimum Gasteiger partial charge on any atom is -0.418 e. The summed E-state index contributed by atoms with van der Waals surface area (Å²) in [6, 6.07) is 15.3. The van der Waals surface area contributed by atoms with Crippen LogP contribution in [0.25, 0.3) is 11.5 Å². The van der Waals surface area contributed by atoms with Crippen molar-refractivity contribution >= 4 is 17.3 Å². The molecule has 0 saturated carbocycles. The number of aryl methyl sites for hydroxylation is 1. The Hall–Kier alpha value is -3.15. The second-order valence-corrected chi connectivity index (χ2v) is 5.94. The number of rotatable bonds is 5. The second kappa shape index (κ2) is 7.17. The van der Waals surface area contributed by atoms with Gasteiger partial charge in [0.15, 0.2) is 0 Å². The standard InChI is InChI=1S/C19H20N4O2/c1-12-5-4-6-15(11-12)19-23-22-18(25-19)13(2)20-16-7-9-17(10-8-16)21-14(3)24/h4-11,13,20H,1-3H3,(H,21,24). The average Bonchev–Trinajstić information content (AvgIpc) is 3.06. The van der Waals surface area contributed by atoms with Crippen LogP contribution in [-0.4, -0.2) is 16.1 Å². The van der Waals surface area contributed by atoms with Crippen LogP contribution in [0.4, 0.5) is 11.4 Å². The monoisotopic (exact) mass is 336 g/mol. The summed E-state index contributed by atoms with van der Waals surface area (Å²) < 4.78 is 5.79. The van der Waals surface area contributed by atoms with Crippen molar-refractivity contribution < 1.29 is 9.21 Å². The summed E-state index contributed by atoms with van der Waals surface area (Å²) in [7, 11) is 0. The Kier molecular flexibility index (Phi) is 4.79. The van der Waals surface area contributed by atoms with E-state index in [-0.39, 0.29) is 11.9 Å². The maximum Gasteiger partial charge on any atom is 0.247 e. The molecule has 1 unspecified atom stereocenters. The minimum absolute atomic E-state index is 0.0939. The Labute approximate surface area is 146 Å². The molecule has 128 valence electrons. The zero-order valence-electron chi connectivity index (χ0n) is 14.4. The van der Waals surface area contributed by atoms with Gasteiger partial charge in [0.25, 0.3) is 0 Å². The van der Waals surface area contributed by atoms with Gasteiger partial charge in [0.05, 0.1) is 0 Å². The van der Waals surface area contributed by atoms with E-state index in [2.05, 4.69) is 20.8 Å². The van der Waals surface area contributed by atoms with Crippen LogP contribution in [0.3, 0.4) is 0 Å². The van der Waals surface area contributed by atoms with Crippen molar-refractivity contribution in [3.8, 4) is 11.5 Å². The van der Waals surface area contributed by atoms with Crippen molar-refractivity contribution in [2.75, 3.05) is 10.6 Å². The zero-order chi connectivity index (χ0) is 17.8. The van der Waals surface area contributed by atoms with Crippen molar-refractivity contribution in [2.45, 2.75) is 26.8 Å². The number of hydrogen-bond donors (Lipinski definition) is 2. The number of hydrogen-bond acceptors (Lipinski definition) is 5. The van der Waals surface area contributed by atoms with E-state index in [1.54, 1.807) is 0 Å². The molecule has 0 radical (unpaired) electrons. The molecule has 1 aromatic heterocycles. The molecule has 2 N–H and O–H groups in total. The van der Waals surface area contributed by atoms with Crippen molar-refractivity contribution in [2.24, 2.45) is 0 Å². The SMILES string of the molecule is CC(=O)Nc1ccc(NC(C)c2nnc(-c3cccc(C)c3)o2)cc1. The molecule has 0 aliphatic carbocycles. The van der Waals surface area contributed by atoms with Gasteiger partial charge in [-0.1, -0.05) is 17.7 Å². The molecule has 0 aliphatic rings. The van der Waals surface area contributed by atoms with Crippen LogP contribution in [0, 0.1) is 6.92 Å². The van der Waals surface area contributed by atoms with E-state index < -0.39 is 0 Å². The minimum atomic E-state index is -0.141. The van der Waals surface area contributed by atoms with Crippen molar-refractivity contribution in [1.29, 1.82) is 0 Å². The van der Waals surface area contributed by atoms with Crippen LogP contribution >= 0.6 is 0 Å². The highest BCUT2D eigenvalue weighted by atomic mass is 16.4. The highest BCUT2D eigenvalue weighted by molar-refractivity contribution is 5.88. The first-order chi connectivity index (χ1) is 12.0. The van der Waals surface area contributed by atoms with Gasteiger partial charge >= 0.3 is 0 Å². The third-order valence-electron chi connectivity index (χ3n) is 3.66. The van der Waals surface area contributed by atoms with Gasteiger partial charge in [-0.2, -0.15) is 0 Å². The number of carbonyl (C=O) groups excluding carboxylic acids is 1. The molecule has 1 amide bonds. The molecule has 3 rings (SSSR count). The third kappa shape index (κ3) is 4.23. The number of aromatic nitrogens is 2. The molecule has 0 fully saturated rings. The first-order valence-corrected chi connectivity index (χ1v) is 8.06. The fraction of sp³-hybridized carbons (Fsp3) is 0.211. The van der Waals surface area contributed by atoms with Crippen molar-refractivity contribution in [1.82, 2.24) is 10.2 Å². The molecule has 0 spiro atoms. The molecule has 6 heteroatoms. The molecule has 3 aromatic rings. The first kappa shape index (κ1) is 16.7. The van der Waals surface area contributed by atoms with E-state index in [0.717, 1.165) is 22.5 Å². The quantitative estimate of drug-likeness (QED) is 0.731. The highest BCUT2D eigenvalue weighted by Gasteiger charge is 2.15. The molecule has 0 aliphatic heterocycles. The molecule has 1 atom stereocenters.